The van der Waals surface area contributed by atoms with Gasteiger partial charge in [0, 0.05) is 12.5 Å². The van der Waals surface area contributed by atoms with Crippen LogP contribution >= 0.6 is 0 Å². The van der Waals surface area contributed by atoms with Gasteiger partial charge in [-0.1, -0.05) is 0 Å². The van der Waals surface area contributed by atoms with Crippen LogP contribution in [-0.2, 0) is 4.79 Å². The molecule has 0 fully saturated rings. The van der Waals surface area contributed by atoms with Crippen molar-refractivity contribution in [1.29, 1.82) is 0 Å². The number of carboxylic acid groups (broad SMARTS) is 1. The van der Waals surface area contributed by atoms with E-state index >= 15 is 0 Å². The van der Waals surface area contributed by atoms with Gasteiger partial charge in [-0.2, -0.15) is 0 Å². The lowest BCUT2D eigenvalue weighted by Crippen LogP contribution is -2.54. The van der Waals surface area contributed by atoms with E-state index < -0.39 is 11.5 Å². The number of halogens is 1. The number of carboxylic acids is 1. The van der Waals surface area contributed by atoms with Crippen molar-refractivity contribution in [2.24, 2.45) is 0 Å². The topological polar surface area (TPSA) is 58.6 Å². The number of hydrogen-bond donors (Lipinski definition) is 2. The zero-order valence-electron chi connectivity index (χ0n) is 13.2. The van der Waals surface area contributed by atoms with Crippen LogP contribution in [0.1, 0.15) is 39.7 Å². The highest BCUT2D eigenvalue weighted by molar-refractivity contribution is 5.78. The molecule has 0 spiro atoms. The maximum atomic E-state index is 13.1. The summed E-state index contributed by atoms with van der Waals surface area (Å²) < 4.78 is 18.8. The molecule has 1 aromatic rings. The molecule has 0 radical (unpaired) electrons. The summed E-state index contributed by atoms with van der Waals surface area (Å²) in [5.41, 5.74) is -0.377. The van der Waals surface area contributed by atoms with Gasteiger partial charge >= 0.3 is 5.97 Å². The number of ether oxygens (including phenoxy) is 1. The van der Waals surface area contributed by atoms with E-state index in [1.54, 1.807) is 19.9 Å². The Bertz CT molecular complexity index is 504. The monoisotopic (exact) mass is 297 g/mol. The van der Waals surface area contributed by atoms with Crippen LogP contribution in [0.25, 0.3) is 0 Å². The van der Waals surface area contributed by atoms with Gasteiger partial charge in [0.15, 0.2) is 0 Å². The molecule has 21 heavy (non-hydrogen) atoms. The molecule has 0 aliphatic carbocycles. The Morgan fingerprint density at radius 2 is 2.05 bits per heavy atom. The Hall–Kier alpha value is -1.62. The molecule has 0 aliphatic heterocycles. The van der Waals surface area contributed by atoms with E-state index in [1.165, 1.54) is 12.1 Å². The lowest BCUT2D eigenvalue weighted by atomic mass is 9.94. The van der Waals surface area contributed by atoms with Crippen molar-refractivity contribution in [3.8, 4) is 5.75 Å². The van der Waals surface area contributed by atoms with Gasteiger partial charge in [-0.25, -0.2) is 4.39 Å². The highest BCUT2D eigenvalue weighted by Gasteiger charge is 2.35. The van der Waals surface area contributed by atoms with Crippen LogP contribution in [0.2, 0.25) is 0 Å². The Labute approximate surface area is 125 Å². The van der Waals surface area contributed by atoms with Crippen LogP contribution in [0.3, 0.4) is 0 Å². The van der Waals surface area contributed by atoms with Gasteiger partial charge in [-0.3, -0.25) is 10.1 Å². The fourth-order valence-corrected chi connectivity index (χ4v) is 2.42. The Morgan fingerprint density at radius 1 is 1.43 bits per heavy atom. The first-order valence-corrected chi connectivity index (χ1v) is 7.08. The zero-order chi connectivity index (χ0) is 16.2. The molecule has 0 saturated carbocycles. The van der Waals surface area contributed by atoms with Gasteiger partial charge in [0.2, 0.25) is 0 Å². The molecule has 118 valence electrons. The van der Waals surface area contributed by atoms with Crippen LogP contribution in [0.4, 0.5) is 4.39 Å². The molecule has 2 N–H and O–H groups in total. The first kappa shape index (κ1) is 17.4. The van der Waals surface area contributed by atoms with Gasteiger partial charge in [-0.05, 0) is 58.4 Å². The number of benzene rings is 1. The fourth-order valence-electron chi connectivity index (χ4n) is 2.42. The van der Waals surface area contributed by atoms with Crippen LogP contribution in [0.5, 0.6) is 5.75 Å². The molecule has 0 heterocycles. The molecule has 0 aromatic heterocycles. The Kier molecular flexibility index (Phi) is 5.72. The van der Waals surface area contributed by atoms with Gasteiger partial charge in [0.05, 0.1) is 6.10 Å². The van der Waals surface area contributed by atoms with Gasteiger partial charge in [0.25, 0.3) is 0 Å². The highest BCUT2D eigenvalue weighted by atomic mass is 19.1. The number of aliphatic carboxylic acids is 1. The second-order valence-electron chi connectivity index (χ2n) is 5.98. The van der Waals surface area contributed by atoms with E-state index in [0.29, 0.717) is 17.7 Å². The highest BCUT2D eigenvalue weighted by Crippen LogP contribution is 2.23. The lowest BCUT2D eigenvalue weighted by Gasteiger charge is -2.31. The zero-order valence-corrected chi connectivity index (χ0v) is 13.2. The van der Waals surface area contributed by atoms with E-state index in [9.17, 15) is 14.3 Å². The van der Waals surface area contributed by atoms with Crippen molar-refractivity contribution >= 4 is 5.97 Å². The Morgan fingerprint density at radius 3 is 2.52 bits per heavy atom. The maximum Gasteiger partial charge on any atom is 0.323 e. The SMILES string of the molecule is Cc1cc(F)ccc1OC(C)CC(C)(NC(C)C)C(=O)O. The predicted molar refractivity (Wildman–Crippen MR) is 80.2 cm³/mol. The quantitative estimate of drug-likeness (QED) is 0.812. The lowest BCUT2D eigenvalue weighted by molar-refractivity contribution is -0.145. The molecule has 0 bridgehead atoms. The third kappa shape index (κ3) is 5.01. The summed E-state index contributed by atoms with van der Waals surface area (Å²) in [4.78, 5) is 11.5. The van der Waals surface area contributed by atoms with E-state index in [4.69, 9.17) is 4.74 Å². The van der Waals surface area contributed by atoms with Crippen molar-refractivity contribution < 1.29 is 19.0 Å². The summed E-state index contributed by atoms with van der Waals surface area (Å²) in [7, 11) is 0. The van der Waals surface area contributed by atoms with Crippen LogP contribution in [0.15, 0.2) is 18.2 Å². The number of carbonyl (C=O) groups is 1. The largest absolute Gasteiger partial charge is 0.490 e. The first-order chi connectivity index (χ1) is 9.64. The second kappa shape index (κ2) is 6.89. The molecule has 4 nitrogen and oxygen atoms in total. The smallest absolute Gasteiger partial charge is 0.323 e. The normalized spacial score (nSPS) is 15.6. The van der Waals surface area contributed by atoms with Crippen LogP contribution in [0, 0.1) is 12.7 Å². The summed E-state index contributed by atoms with van der Waals surface area (Å²) in [5, 5.41) is 12.5. The summed E-state index contributed by atoms with van der Waals surface area (Å²) in [5.74, 6) is -0.659. The molecule has 2 unspecified atom stereocenters. The number of rotatable bonds is 7. The third-order valence-electron chi connectivity index (χ3n) is 3.24. The van der Waals surface area contributed by atoms with Crippen molar-refractivity contribution in [2.45, 2.75) is 58.7 Å². The molecule has 1 rings (SSSR count). The first-order valence-electron chi connectivity index (χ1n) is 7.08. The molecular formula is C16H24FNO3. The predicted octanol–water partition coefficient (Wildman–Crippen LogP) is 3.13. The van der Waals surface area contributed by atoms with E-state index in [1.807, 2.05) is 20.8 Å². The van der Waals surface area contributed by atoms with Crippen molar-refractivity contribution in [1.82, 2.24) is 5.32 Å². The van der Waals surface area contributed by atoms with Crippen molar-refractivity contribution in [2.75, 3.05) is 0 Å². The average molecular weight is 297 g/mol. The molecule has 2 atom stereocenters. The molecule has 1 aromatic carbocycles. The molecular weight excluding hydrogens is 273 g/mol. The standard InChI is InChI=1S/C16H24FNO3/c1-10(2)18-16(5,15(19)20)9-12(4)21-14-7-6-13(17)8-11(14)3/h6-8,10,12,18H,9H2,1-5H3,(H,19,20). The molecule has 0 saturated heterocycles. The van der Waals surface area contributed by atoms with Crippen molar-refractivity contribution in [3.63, 3.8) is 0 Å². The molecule has 0 aliphatic rings. The second-order valence-corrected chi connectivity index (χ2v) is 5.98. The van der Waals surface area contributed by atoms with Crippen LogP contribution < -0.4 is 10.1 Å². The summed E-state index contributed by atoms with van der Waals surface area (Å²) in [6.45, 7) is 9.01. The van der Waals surface area contributed by atoms with Gasteiger partial charge in [0.1, 0.15) is 17.1 Å². The molecule has 5 heteroatoms. The minimum atomic E-state index is -1.07. The number of hydrogen-bond acceptors (Lipinski definition) is 3. The minimum Gasteiger partial charge on any atom is -0.490 e. The fraction of sp³-hybridized carbons (Fsp3) is 0.562. The minimum absolute atomic E-state index is 0.0471. The molecule has 0 amide bonds. The maximum absolute atomic E-state index is 13.1. The van der Waals surface area contributed by atoms with E-state index in [-0.39, 0.29) is 18.0 Å². The van der Waals surface area contributed by atoms with Crippen molar-refractivity contribution in [3.05, 3.63) is 29.6 Å². The summed E-state index contributed by atoms with van der Waals surface area (Å²) in [6.07, 6.45) is -0.0151. The number of aryl methyl sites for hydroxylation is 1. The van der Waals surface area contributed by atoms with E-state index in [2.05, 4.69) is 5.32 Å². The average Bonchev–Trinajstić information content (AvgIpc) is 2.31. The summed E-state index contributed by atoms with van der Waals surface area (Å²) in [6, 6.07) is 4.34. The van der Waals surface area contributed by atoms with Crippen LogP contribution in [-0.4, -0.2) is 28.8 Å². The van der Waals surface area contributed by atoms with Gasteiger partial charge in [-0.15, -0.1) is 0 Å². The van der Waals surface area contributed by atoms with Gasteiger partial charge < -0.3 is 9.84 Å². The summed E-state index contributed by atoms with van der Waals surface area (Å²) >= 11 is 0. The van der Waals surface area contributed by atoms with E-state index in [0.717, 1.165) is 0 Å². The Balaban J connectivity index is 2.78. The third-order valence-corrected chi connectivity index (χ3v) is 3.24. The number of nitrogens with one attached hydrogen (secondary N) is 1.